The van der Waals surface area contributed by atoms with E-state index in [2.05, 4.69) is 0 Å². The van der Waals surface area contributed by atoms with Crippen LogP contribution in [0.15, 0.2) is 18.2 Å². The third-order valence-corrected chi connectivity index (χ3v) is 3.64. The minimum Gasteiger partial charge on any atom is -0.381 e. The Kier molecular flexibility index (Phi) is 4.43. The molecule has 4 heteroatoms. The second-order valence-corrected chi connectivity index (χ2v) is 5.11. The predicted octanol–water partition coefficient (Wildman–Crippen LogP) is 3.53. The molecule has 2 nitrogen and oxygen atoms in total. The van der Waals surface area contributed by atoms with Gasteiger partial charge in [0.2, 0.25) is 0 Å². The van der Waals surface area contributed by atoms with Gasteiger partial charge in [0.1, 0.15) is 5.78 Å². The number of carbonyl (C=O) groups excluding carboxylic acids is 1. The molecule has 1 saturated heterocycles. The molecule has 0 saturated carbocycles. The van der Waals surface area contributed by atoms with Gasteiger partial charge >= 0.3 is 0 Å². The molecule has 0 N–H and O–H groups in total. The van der Waals surface area contributed by atoms with Crippen molar-refractivity contribution >= 4 is 29.0 Å². The first-order valence-electron chi connectivity index (χ1n) is 5.71. The molecule has 0 unspecified atom stereocenters. The molecular formula is C13H14Cl2O2. The van der Waals surface area contributed by atoms with Gasteiger partial charge in [0.25, 0.3) is 0 Å². The topological polar surface area (TPSA) is 26.3 Å². The largest absolute Gasteiger partial charge is 0.381 e. The number of carbonyl (C=O) groups is 1. The number of benzene rings is 1. The van der Waals surface area contributed by atoms with Crippen molar-refractivity contribution in [3.8, 4) is 0 Å². The van der Waals surface area contributed by atoms with Crippen molar-refractivity contribution in [3.05, 3.63) is 33.8 Å². The lowest BCUT2D eigenvalue weighted by Crippen LogP contribution is -2.24. The van der Waals surface area contributed by atoms with Gasteiger partial charge in [-0.25, -0.2) is 0 Å². The summed E-state index contributed by atoms with van der Waals surface area (Å²) in [5.41, 5.74) is 0.854. The minimum absolute atomic E-state index is 0.121. The van der Waals surface area contributed by atoms with E-state index in [0.29, 0.717) is 29.7 Å². The van der Waals surface area contributed by atoms with Gasteiger partial charge < -0.3 is 4.74 Å². The van der Waals surface area contributed by atoms with Crippen molar-refractivity contribution in [1.82, 2.24) is 0 Å². The smallest absolute Gasteiger partial charge is 0.140 e. The molecule has 0 aromatic heterocycles. The zero-order valence-electron chi connectivity index (χ0n) is 9.42. The van der Waals surface area contributed by atoms with Crippen LogP contribution < -0.4 is 0 Å². The summed E-state index contributed by atoms with van der Waals surface area (Å²) < 4.78 is 5.24. The standard InChI is InChI=1S/C13H14Cl2O2/c14-11-2-1-10(12(15)8-11)7-13(16)9-3-5-17-6-4-9/h1-2,8-9H,3-7H2. The van der Waals surface area contributed by atoms with Crippen LogP contribution >= 0.6 is 23.2 Å². The Balaban J connectivity index is 2.02. The zero-order chi connectivity index (χ0) is 12.3. The van der Waals surface area contributed by atoms with Crippen LogP contribution in [-0.4, -0.2) is 19.0 Å². The lowest BCUT2D eigenvalue weighted by atomic mass is 9.91. The molecule has 2 rings (SSSR count). The highest BCUT2D eigenvalue weighted by molar-refractivity contribution is 6.35. The first-order valence-corrected chi connectivity index (χ1v) is 6.47. The van der Waals surface area contributed by atoms with Crippen LogP contribution in [0.25, 0.3) is 0 Å². The molecule has 1 aromatic rings. The van der Waals surface area contributed by atoms with Crippen molar-refractivity contribution < 1.29 is 9.53 Å². The van der Waals surface area contributed by atoms with Crippen molar-refractivity contribution in [2.75, 3.05) is 13.2 Å². The van der Waals surface area contributed by atoms with E-state index in [0.717, 1.165) is 18.4 Å². The van der Waals surface area contributed by atoms with Crippen LogP contribution in [0, 0.1) is 5.92 Å². The van der Waals surface area contributed by atoms with Gasteiger partial charge in [0, 0.05) is 35.6 Å². The van der Waals surface area contributed by atoms with Crippen molar-refractivity contribution in [1.29, 1.82) is 0 Å². The van der Waals surface area contributed by atoms with Gasteiger partial charge in [-0.3, -0.25) is 4.79 Å². The van der Waals surface area contributed by atoms with E-state index in [-0.39, 0.29) is 11.7 Å². The molecule has 1 aliphatic rings. The van der Waals surface area contributed by atoms with E-state index >= 15 is 0 Å². The Morgan fingerprint density at radius 2 is 2.00 bits per heavy atom. The highest BCUT2D eigenvalue weighted by Crippen LogP contribution is 2.24. The average molecular weight is 273 g/mol. The SMILES string of the molecule is O=C(Cc1ccc(Cl)cc1Cl)C1CCOCC1. The van der Waals surface area contributed by atoms with Gasteiger partial charge in [0.15, 0.2) is 0 Å². The molecule has 1 fully saturated rings. The molecule has 17 heavy (non-hydrogen) atoms. The Hall–Kier alpha value is -0.570. The highest BCUT2D eigenvalue weighted by Gasteiger charge is 2.22. The quantitative estimate of drug-likeness (QED) is 0.842. The molecule has 1 heterocycles. The van der Waals surface area contributed by atoms with Gasteiger partial charge in [-0.05, 0) is 30.5 Å². The van der Waals surface area contributed by atoms with E-state index < -0.39 is 0 Å². The molecule has 0 atom stereocenters. The van der Waals surface area contributed by atoms with Crippen LogP contribution in [0.2, 0.25) is 10.0 Å². The third-order valence-electron chi connectivity index (χ3n) is 3.06. The molecular weight excluding hydrogens is 259 g/mol. The molecule has 1 aromatic carbocycles. The maximum atomic E-state index is 12.1. The Morgan fingerprint density at radius 1 is 1.29 bits per heavy atom. The van der Waals surface area contributed by atoms with Crippen molar-refractivity contribution in [3.63, 3.8) is 0 Å². The van der Waals surface area contributed by atoms with E-state index in [1.54, 1.807) is 12.1 Å². The molecule has 1 aliphatic heterocycles. The Morgan fingerprint density at radius 3 is 2.65 bits per heavy atom. The molecule has 92 valence electrons. The first-order chi connectivity index (χ1) is 8.16. The van der Waals surface area contributed by atoms with Gasteiger partial charge in [-0.1, -0.05) is 29.3 Å². The number of Topliss-reactive ketones (excluding diaryl/α,β-unsaturated/α-hetero) is 1. The second-order valence-electron chi connectivity index (χ2n) is 4.27. The molecule has 0 radical (unpaired) electrons. The van der Waals surface area contributed by atoms with E-state index in [1.165, 1.54) is 0 Å². The first kappa shape index (κ1) is 12.9. The summed E-state index contributed by atoms with van der Waals surface area (Å²) in [7, 11) is 0. The number of ketones is 1. The normalized spacial score (nSPS) is 17.1. The monoisotopic (exact) mass is 272 g/mol. The number of hydrogen-bond donors (Lipinski definition) is 0. The fourth-order valence-corrected chi connectivity index (χ4v) is 2.49. The van der Waals surface area contributed by atoms with Gasteiger partial charge in [-0.2, -0.15) is 0 Å². The minimum atomic E-state index is 0.121. The number of rotatable bonds is 3. The van der Waals surface area contributed by atoms with E-state index in [1.807, 2.05) is 6.07 Å². The highest BCUT2D eigenvalue weighted by atomic mass is 35.5. The Bertz CT molecular complexity index is 412. The predicted molar refractivity (Wildman–Crippen MR) is 68.7 cm³/mol. The molecule has 0 amide bonds. The fourth-order valence-electron chi connectivity index (χ4n) is 2.02. The average Bonchev–Trinajstić information content (AvgIpc) is 2.34. The van der Waals surface area contributed by atoms with Crippen LogP contribution in [0.4, 0.5) is 0 Å². The van der Waals surface area contributed by atoms with E-state index in [9.17, 15) is 4.79 Å². The maximum Gasteiger partial charge on any atom is 0.140 e. The van der Waals surface area contributed by atoms with Crippen LogP contribution in [0.3, 0.4) is 0 Å². The Labute approximate surface area is 111 Å². The maximum absolute atomic E-state index is 12.1. The zero-order valence-corrected chi connectivity index (χ0v) is 10.9. The molecule has 0 spiro atoms. The third kappa shape index (κ3) is 3.44. The number of halogens is 2. The summed E-state index contributed by atoms with van der Waals surface area (Å²) in [6.45, 7) is 1.37. The summed E-state index contributed by atoms with van der Waals surface area (Å²) in [4.78, 5) is 12.1. The number of hydrogen-bond acceptors (Lipinski definition) is 2. The van der Waals surface area contributed by atoms with Crippen LogP contribution in [0.5, 0.6) is 0 Å². The molecule has 0 bridgehead atoms. The van der Waals surface area contributed by atoms with Crippen LogP contribution in [-0.2, 0) is 16.0 Å². The second kappa shape index (κ2) is 5.85. The lowest BCUT2D eigenvalue weighted by Gasteiger charge is -2.20. The summed E-state index contributed by atoms with van der Waals surface area (Å²) >= 11 is 11.9. The summed E-state index contributed by atoms with van der Waals surface area (Å²) in [5, 5.41) is 1.16. The van der Waals surface area contributed by atoms with Crippen molar-refractivity contribution in [2.24, 2.45) is 5.92 Å². The molecule has 0 aliphatic carbocycles. The summed E-state index contributed by atoms with van der Waals surface area (Å²) in [6.07, 6.45) is 2.04. The van der Waals surface area contributed by atoms with Gasteiger partial charge in [0.05, 0.1) is 0 Å². The van der Waals surface area contributed by atoms with Crippen LogP contribution in [0.1, 0.15) is 18.4 Å². The van der Waals surface area contributed by atoms with E-state index in [4.69, 9.17) is 27.9 Å². The fraction of sp³-hybridized carbons (Fsp3) is 0.462. The van der Waals surface area contributed by atoms with Gasteiger partial charge in [-0.15, -0.1) is 0 Å². The summed E-state index contributed by atoms with van der Waals surface area (Å²) in [6, 6.07) is 5.26. The van der Waals surface area contributed by atoms with Crippen molar-refractivity contribution in [2.45, 2.75) is 19.3 Å². The number of ether oxygens (including phenoxy) is 1. The lowest BCUT2D eigenvalue weighted by molar-refractivity contribution is -0.125. The summed E-state index contributed by atoms with van der Waals surface area (Å²) in [5.74, 6) is 0.369.